The normalized spacial score (nSPS) is 13.6. The molecular weight excluding hydrogens is 432 g/mol. The van der Waals surface area contributed by atoms with Gasteiger partial charge in [-0.2, -0.15) is 0 Å². The molecule has 8 heteroatoms. The average molecular weight is 457 g/mol. The third-order valence-electron chi connectivity index (χ3n) is 4.96. The SMILES string of the molecule is CCOc1ccc(S(=O)(=O)Nc2cccc(C(=O)N(Cc3cccs3)C3CC3)c2)cc1. The van der Waals surface area contributed by atoms with E-state index in [0.29, 0.717) is 30.2 Å². The predicted molar refractivity (Wildman–Crippen MR) is 122 cm³/mol. The zero-order valence-corrected chi connectivity index (χ0v) is 18.8. The van der Waals surface area contributed by atoms with Crippen LogP contribution in [0.25, 0.3) is 0 Å². The molecule has 2 aromatic carbocycles. The van der Waals surface area contributed by atoms with E-state index in [2.05, 4.69) is 4.72 Å². The number of thiophene rings is 1. The van der Waals surface area contributed by atoms with Crippen molar-refractivity contribution in [1.29, 1.82) is 0 Å². The van der Waals surface area contributed by atoms with Crippen molar-refractivity contribution in [1.82, 2.24) is 4.90 Å². The second-order valence-corrected chi connectivity index (χ2v) is 10.0. The Morgan fingerprint density at radius 2 is 1.90 bits per heavy atom. The lowest BCUT2D eigenvalue weighted by molar-refractivity contribution is 0.0731. The topological polar surface area (TPSA) is 75.7 Å². The molecule has 0 bridgehead atoms. The summed E-state index contributed by atoms with van der Waals surface area (Å²) >= 11 is 1.63. The van der Waals surface area contributed by atoms with Gasteiger partial charge in [-0.3, -0.25) is 9.52 Å². The van der Waals surface area contributed by atoms with Crippen LogP contribution in [0.1, 0.15) is 35.0 Å². The molecule has 0 spiro atoms. The van der Waals surface area contributed by atoms with Crippen LogP contribution in [-0.2, 0) is 16.6 Å². The van der Waals surface area contributed by atoms with E-state index in [-0.39, 0.29) is 16.8 Å². The van der Waals surface area contributed by atoms with E-state index in [4.69, 9.17) is 4.74 Å². The molecule has 1 N–H and O–H groups in total. The van der Waals surface area contributed by atoms with Gasteiger partial charge in [-0.15, -0.1) is 11.3 Å². The Kier molecular flexibility index (Phi) is 6.29. The first-order chi connectivity index (χ1) is 15.0. The predicted octanol–water partition coefficient (Wildman–Crippen LogP) is 4.75. The van der Waals surface area contributed by atoms with Crippen molar-refractivity contribution in [3.05, 3.63) is 76.5 Å². The van der Waals surface area contributed by atoms with Crippen molar-refractivity contribution in [2.75, 3.05) is 11.3 Å². The fourth-order valence-corrected chi connectivity index (χ4v) is 5.05. The first kappa shape index (κ1) is 21.4. The molecule has 1 fully saturated rings. The largest absolute Gasteiger partial charge is 0.494 e. The Morgan fingerprint density at radius 3 is 2.55 bits per heavy atom. The van der Waals surface area contributed by atoms with E-state index < -0.39 is 10.0 Å². The summed E-state index contributed by atoms with van der Waals surface area (Å²) < 4.78 is 33.5. The number of hydrogen-bond acceptors (Lipinski definition) is 5. The summed E-state index contributed by atoms with van der Waals surface area (Å²) in [6.07, 6.45) is 2.00. The molecule has 0 radical (unpaired) electrons. The molecule has 1 aliphatic carbocycles. The maximum absolute atomic E-state index is 13.2. The van der Waals surface area contributed by atoms with Gasteiger partial charge in [0.1, 0.15) is 5.75 Å². The highest BCUT2D eigenvalue weighted by Crippen LogP contribution is 2.31. The lowest BCUT2D eigenvalue weighted by Gasteiger charge is -2.22. The van der Waals surface area contributed by atoms with Crippen LogP contribution >= 0.6 is 11.3 Å². The van der Waals surface area contributed by atoms with Gasteiger partial charge in [-0.25, -0.2) is 8.42 Å². The fourth-order valence-electron chi connectivity index (χ4n) is 3.30. The minimum atomic E-state index is -3.78. The van der Waals surface area contributed by atoms with Crippen molar-refractivity contribution in [3.63, 3.8) is 0 Å². The molecule has 1 aliphatic rings. The molecule has 0 saturated heterocycles. The smallest absolute Gasteiger partial charge is 0.261 e. The maximum Gasteiger partial charge on any atom is 0.261 e. The number of carbonyl (C=O) groups excluding carboxylic acids is 1. The van der Waals surface area contributed by atoms with Gasteiger partial charge in [0.25, 0.3) is 15.9 Å². The highest BCUT2D eigenvalue weighted by Gasteiger charge is 2.33. The van der Waals surface area contributed by atoms with Gasteiger partial charge in [0.05, 0.1) is 18.0 Å². The maximum atomic E-state index is 13.2. The van der Waals surface area contributed by atoms with Gasteiger partial charge in [0.15, 0.2) is 0 Å². The van der Waals surface area contributed by atoms with E-state index in [1.807, 2.05) is 29.3 Å². The molecule has 3 aromatic rings. The average Bonchev–Trinajstić information content (AvgIpc) is 3.47. The summed E-state index contributed by atoms with van der Waals surface area (Å²) in [5.41, 5.74) is 0.821. The minimum absolute atomic E-state index is 0.0852. The zero-order valence-electron chi connectivity index (χ0n) is 17.2. The van der Waals surface area contributed by atoms with Gasteiger partial charge < -0.3 is 9.64 Å². The lowest BCUT2D eigenvalue weighted by Crippen LogP contribution is -2.32. The molecule has 1 heterocycles. The molecule has 4 rings (SSSR count). The molecular formula is C23H24N2O4S2. The van der Waals surface area contributed by atoms with Crippen molar-refractivity contribution >= 4 is 33.0 Å². The highest BCUT2D eigenvalue weighted by atomic mass is 32.2. The summed E-state index contributed by atoms with van der Waals surface area (Å²) in [7, 11) is -3.78. The number of sulfonamides is 1. The molecule has 1 amide bonds. The molecule has 0 aliphatic heterocycles. The quantitative estimate of drug-likeness (QED) is 0.504. The molecule has 31 heavy (non-hydrogen) atoms. The second-order valence-electron chi connectivity index (χ2n) is 7.33. The van der Waals surface area contributed by atoms with Crippen molar-refractivity contribution in [2.45, 2.75) is 37.2 Å². The van der Waals surface area contributed by atoms with E-state index in [0.717, 1.165) is 17.7 Å². The standard InChI is InChI=1S/C23H24N2O4S2/c1-2-29-20-10-12-22(13-11-20)31(27,28)24-18-6-3-5-17(15-18)23(26)25(19-8-9-19)16-21-7-4-14-30-21/h3-7,10-15,19,24H,2,8-9,16H2,1H3. The van der Waals surface area contributed by atoms with Crippen LogP contribution in [0.4, 0.5) is 5.69 Å². The van der Waals surface area contributed by atoms with Crippen molar-refractivity contribution in [3.8, 4) is 5.75 Å². The first-order valence-electron chi connectivity index (χ1n) is 10.2. The van der Waals surface area contributed by atoms with Gasteiger partial charge >= 0.3 is 0 Å². The number of rotatable bonds is 9. The van der Waals surface area contributed by atoms with Crippen molar-refractivity contribution < 1.29 is 17.9 Å². The van der Waals surface area contributed by atoms with Crippen molar-refractivity contribution in [2.24, 2.45) is 0 Å². The molecule has 1 saturated carbocycles. The summed E-state index contributed by atoms with van der Waals surface area (Å²) in [5.74, 6) is 0.526. The number of hydrogen-bond donors (Lipinski definition) is 1. The number of ether oxygens (including phenoxy) is 1. The van der Waals surface area contributed by atoms with Gasteiger partial charge in [-0.1, -0.05) is 12.1 Å². The number of nitrogens with one attached hydrogen (secondary N) is 1. The van der Waals surface area contributed by atoms with Crippen LogP contribution in [0.5, 0.6) is 5.75 Å². The van der Waals surface area contributed by atoms with Crippen LogP contribution in [0.3, 0.4) is 0 Å². The van der Waals surface area contributed by atoms with Gasteiger partial charge in [-0.05, 0) is 73.7 Å². The third kappa shape index (κ3) is 5.26. The van der Waals surface area contributed by atoms with Crippen LogP contribution in [-0.4, -0.2) is 31.9 Å². The molecule has 0 unspecified atom stereocenters. The summed E-state index contributed by atoms with van der Waals surface area (Å²) in [4.78, 5) is 16.3. The summed E-state index contributed by atoms with van der Waals surface area (Å²) in [6.45, 7) is 2.95. The van der Waals surface area contributed by atoms with E-state index in [1.165, 1.54) is 12.1 Å². The fraction of sp³-hybridized carbons (Fsp3) is 0.261. The first-order valence-corrected chi connectivity index (χ1v) is 12.5. The van der Waals surface area contributed by atoms with Crippen LogP contribution in [0.2, 0.25) is 0 Å². The Hall–Kier alpha value is -2.84. The van der Waals surface area contributed by atoms with E-state index >= 15 is 0 Å². The monoisotopic (exact) mass is 456 g/mol. The van der Waals surface area contributed by atoms with E-state index in [9.17, 15) is 13.2 Å². The molecule has 1 aromatic heterocycles. The van der Waals surface area contributed by atoms with Gasteiger partial charge in [0, 0.05) is 22.2 Å². The Balaban J connectivity index is 1.51. The minimum Gasteiger partial charge on any atom is -0.494 e. The summed E-state index contributed by atoms with van der Waals surface area (Å²) in [6, 6.07) is 17.1. The third-order valence-corrected chi connectivity index (χ3v) is 7.22. The number of amides is 1. The van der Waals surface area contributed by atoms with Crippen LogP contribution in [0, 0.1) is 0 Å². The molecule has 6 nitrogen and oxygen atoms in total. The van der Waals surface area contributed by atoms with Crippen LogP contribution < -0.4 is 9.46 Å². The Labute approximate surface area is 186 Å². The lowest BCUT2D eigenvalue weighted by atomic mass is 10.1. The second kappa shape index (κ2) is 9.11. The highest BCUT2D eigenvalue weighted by molar-refractivity contribution is 7.92. The summed E-state index contributed by atoms with van der Waals surface area (Å²) in [5, 5.41) is 2.00. The zero-order chi connectivity index (χ0) is 21.8. The van der Waals surface area contributed by atoms with Gasteiger partial charge in [0.2, 0.25) is 0 Å². The number of carbonyl (C=O) groups is 1. The molecule has 162 valence electrons. The number of nitrogens with zero attached hydrogens (tertiary/aromatic N) is 1. The Morgan fingerprint density at radius 1 is 1.13 bits per heavy atom. The molecule has 0 atom stereocenters. The Bertz CT molecular complexity index is 1140. The van der Waals surface area contributed by atoms with E-state index in [1.54, 1.807) is 47.7 Å². The number of anilines is 1. The van der Waals surface area contributed by atoms with Crippen LogP contribution in [0.15, 0.2) is 70.9 Å². The number of benzene rings is 2.